The molecule has 0 amide bonds. The third-order valence-electron chi connectivity index (χ3n) is 1.99. The van der Waals surface area contributed by atoms with Crippen molar-refractivity contribution in [3.63, 3.8) is 0 Å². The minimum absolute atomic E-state index is 0.148. The van der Waals surface area contributed by atoms with E-state index in [1.807, 2.05) is 25.1 Å². The molecule has 1 rings (SSSR count). The van der Waals surface area contributed by atoms with Gasteiger partial charge in [-0.1, -0.05) is 15.9 Å². The van der Waals surface area contributed by atoms with Gasteiger partial charge in [-0.3, -0.25) is 0 Å². The van der Waals surface area contributed by atoms with Gasteiger partial charge >= 0.3 is 0 Å². The number of halogens is 2. The lowest BCUT2D eigenvalue weighted by Crippen LogP contribution is -2.20. The lowest BCUT2D eigenvalue weighted by molar-refractivity contribution is 0.414. The molecule has 15 heavy (non-hydrogen) atoms. The Kier molecular flexibility index (Phi) is 5.43. The summed E-state index contributed by atoms with van der Waals surface area (Å²) >= 11 is 9.34. The average molecular weight is 293 g/mol. The molecule has 0 bridgehead atoms. The van der Waals surface area contributed by atoms with Crippen LogP contribution in [0.5, 0.6) is 5.75 Å². The highest BCUT2D eigenvalue weighted by Crippen LogP contribution is 2.22. The van der Waals surface area contributed by atoms with Gasteiger partial charge in [0.25, 0.3) is 0 Å². The summed E-state index contributed by atoms with van der Waals surface area (Å²) in [4.78, 5) is 0. The van der Waals surface area contributed by atoms with E-state index in [1.54, 1.807) is 7.11 Å². The molecule has 0 saturated heterocycles. The Balaban J connectivity index is 2.59. The van der Waals surface area contributed by atoms with Crippen LogP contribution in [0.15, 0.2) is 22.7 Å². The topological polar surface area (TPSA) is 21.3 Å². The van der Waals surface area contributed by atoms with Gasteiger partial charge in [0.15, 0.2) is 0 Å². The molecule has 84 valence electrons. The molecule has 1 aromatic carbocycles. The average Bonchev–Trinajstić information content (AvgIpc) is 2.20. The molecular weight excluding hydrogens is 277 g/mol. The van der Waals surface area contributed by atoms with Gasteiger partial charge in [0.2, 0.25) is 0 Å². The third-order valence-corrected chi connectivity index (χ3v) is 2.92. The smallest absolute Gasteiger partial charge is 0.119 e. The Bertz CT molecular complexity index is 317. The van der Waals surface area contributed by atoms with Crippen LogP contribution in [0.2, 0.25) is 0 Å². The van der Waals surface area contributed by atoms with E-state index >= 15 is 0 Å². The van der Waals surface area contributed by atoms with Crippen LogP contribution in [0.4, 0.5) is 0 Å². The summed E-state index contributed by atoms with van der Waals surface area (Å²) in [5.74, 6) is 0.869. The van der Waals surface area contributed by atoms with Crippen LogP contribution < -0.4 is 10.1 Å². The van der Waals surface area contributed by atoms with Crippen molar-refractivity contribution in [3.05, 3.63) is 28.2 Å². The van der Waals surface area contributed by atoms with Crippen molar-refractivity contribution in [1.29, 1.82) is 0 Å². The van der Waals surface area contributed by atoms with Gasteiger partial charge in [0.05, 0.1) is 7.11 Å². The first kappa shape index (κ1) is 12.8. The number of nitrogens with one attached hydrogen (secondary N) is 1. The number of hydrogen-bond acceptors (Lipinski definition) is 2. The SMILES string of the molecule is COc1ccc(Br)c(CNCC(C)Cl)c1. The van der Waals surface area contributed by atoms with E-state index in [2.05, 4.69) is 21.2 Å². The molecule has 0 saturated carbocycles. The zero-order chi connectivity index (χ0) is 11.3. The van der Waals surface area contributed by atoms with E-state index < -0.39 is 0 Å². The van der Waals surface area contributed by atoms with Crippen molar-refractivity contribution in [1.82, 2.24) is 5.32 Å². The summed E-state index contributed by atoms with van der Waals surface area (Å²) in [7, 11) is 1.67. The first-order chi connectivity index (χ1) is 7.13. The Morgan fingerprint density at radius 3 is 2.87 bits per heavy atom. The Morgan fingerprint density at radius 2 is 2.27 bits per heavy atom. The number of methoxy groups -OCH3 is 1. The van der Waals surface area contributed by atoms with Crippen LogP contribution >= 0.6 is 27.5 Å². The van der Waals surface area contributed by atoms with Gasteiger partial charge in [-0.25, -0.2) is 0 Å². The van der Waals surface area contributed by atoms with Crippen LogP contribution in [0.1, 0.15) is 12.5 Å². The molecule has 0 spiro atoms. The molecule has 1 aromatic rings. The maximum Gasteiger partial charge on any atom is 0.119 e. The monoisotopic (exact) mass is 291 g/mol. The fourth-order valence-electron chi connectivity index (χ4n) is 1.22. The van der Waals surface area contributed by atoms with Crippen molar-refractivity contribution >= 4 is 27.5 Å². The lowest BCUT2D eigenvalue weighted by atomic mass is 10.2. The van der Waals surface area contributed by atoms with Crippen LogP contribution in [-0.2, 0) is 6.54 Å². The van der Waals surface area contributed by atoms with E-state index in [-0.39, 0.29) is 5.38 Å². The summed E-state index contributed by atoms with van der Waals surface area (Å²) in [6.07, 6.45) is 0. The zero-order valence-corrected chi connectivity index (χ0v) is 11.2. The predicted octanol–water partition coefficient (Wildman–Crippen LogP) is 3.17. The third kappa shape index (κ3) is 4.41. The molecule has 0 radical (unpaired) electrons. The molecule has 4 heteroatoms. The summed E-state index contributed by atoms with van der Waals surface area (Å²) in [5, 5.41) is 3.42. The molecule has 1 atom stereocenters. The highest BCUT2D eigenvalue weighted by Gasteiger charge is 2.02. The van der Waals surface area contributed by atoms with Gasteiger partial charge < -0.3 is 10.1 Å². The molecule has 1 N–H and O–H groups in total. The first-order valence-corrected chi connectivity index (χ1v) is 6.03. The first-order valence-electron chi connectivity index (χ1n) is 4.80. The van der Waals surface area contributed by atoms with Gasteiger partial charge in [-0.05, 0) is 30.7 Å². The van der Waals surface area contributed by atoms with Crippen LogP contribution in [-0.4, -0.2) is 19.0 Å². The van der Waals surface area contributed by atoms with Crippen molar-refractivity contribution in [2.45, 2.75) is 18.8 Å². The Labute approximate surface area is 104 Å². The summed E-state index contributed by atoms with van der Waals surface area (Å²) in [5.41, 5.74) is 1.17. The van der Waals surface area contributed by atoms with Crippen molar-refractivity contribution in [2.75, 3.05) is 13.7 Å². The number of alkyl halides is 1. The standard InChI is InChI=1S/C11H15BrClNO/c1-8(13)6-14-7-9-5-10(15-2)3-4-11(9)12/h3-5,8,14H,6-7H2,1-2H3. The van der Waals surface area contributed by atoms with E-state index in [9.17, 15) is 0 Å². The van der Waals surface area contributed by atoms with Crippen molar-refractivity contribution in [2.24, 2.45) is 0 Å². The highest BCUT2D eigenvalue weighted by atomic mass is 79.9. The molecule has 0 heterocycles. The van der Waals surface area contributed by atoms with Crippen molar-refractivity contribution < 1.29 is 4.74 Å². The van der Waals surface area contributed by atoms with Crippen LogP contribution in [0, 0.1) is 0 Å². The minimum Gasteiger partial charge on any atom is -0.497 e. The Hall–Kier alpha value is -0.250. The molecule has 2 nitrogen and oxygen atoms in total. The largest absolute Gasteiger partial charge is 0.497 e. The summed E-state index contributed by atoms with van der Waals surface area (Å²) in [6.45, 7) is 3.55. The second kappa shape index (κ2) is 6.36. The summed E-state index contributed by atoms with van der Waals surface area (Å²) < 4.78 is 6.24. The normalized spacial score (nSPS) is 12.5. The quantitative estimate of drug-likeness (QED) is 0.842. The lowest BCUT2D eigenvalue weighted by Gasteiger charge is -2.09. The second-order valence-electron chi connectivity index (χ2n) is 3.37. The maximum atomic E-state index is 5.84. The van der Waals surface area contributed by atoms with Gasteiger partial charge in [-0.15, -0.1) is 11.6 Å². The van der Waals surface area contributed by atoms with E-state index in [4.69, 9.17) is 16.3 Å². The molecule has 0 aromatic heterocycles. The molecule has 0 fully saturated rings. The predicted molar refractivity (Wildman–Crippen MR) is 67.7 cm³/mol. The molecule has 0 aliphatic rings. The van der Waals surface area contributed by atoms with Gasteiger partial charge in [0.1, 0.15) is 5.75 Å². The molecule has 0 aliphatic heterocycles. The van der Waals surface area contributed by atoms with Crippen molar-refractivity contribution in [3.8, 4) is 5.75 Å². The highest BCUT2D eigenvalue weighted by molar-refractivity contribution is 9.10. The summed E-state index contributed by atoms with van der Waals surface area (Å²) in [6, 6.07) is 5.92. The zero-order valence-electron chi connectivity index (χ0n) is 8.89. The fraction of sp³-hybridized carbons (Fsp3) is 0.455. The van der Waals surface area contributed by atoms with E-state index in [1.165, 1.54) is 5.56 Å². The second-order valence-corrected chi connectivity index (χ2v) is 4.97. The maximum absolute atomic E-state index is 5.84. The molecule has 1 unspecified atom stereocenters. The van der Waals surface area contributed by atoms with E-state index in [0.717, 1.165) is 23.3 Å². The minimum atomic E-state index is 0.148. The fourth-order valence-corrected chi connectivity index (χ4v) is 1.72. The number of hydrogen-bond donors (Lipinski definition) is 1. The number of rotatable bonds is 5. The Morgan fingerprint density at radius 1 is 1.53 bits per heavy atom. The van der Waals surface area contributed by atoms with Gasteiger partial charge in [-0.2, -0.15) is 0 Å². The van der Waals surface area contributed by atoms with E-state index in [0.29, 0.717) is 0 Å². The van der Waals surface area contributed by atoms with Crippen LogP contribution in [0.3, 0.4) is 0 Å². The molecule has 0 aliphatic carbocycles. The number of benzene rings is 1. The van der Waals surface area contributed by atoms with Crippen LogP contribution in [0.25, 0.3) is 0 Å². The molecular formula is C11H15BrClNO. The number of ether oxygens (including phenoxy) is 1. The van der Waals surface area contributed by atoms with Gasteiger partial charge in [0, 0.05) is 22.9 Å².